The van der Waals surface area contributed by atoms with Crippen LogP contribution in [0, 0.1) is 13.8 Å². The van der Waals surface area contributed by atoms with E-state index in [-0.39, 0.29) is 21.3 Å². The summed E-state index contributed by atoms with van der Waals surface area (Å²) < 4.78 is 10.4. The molecule has 0 radical (unpaired) electrons. The topological polar surface area (TPSA) is 106 Å². The average Bonchev–Trinajstić information content (AvgIpc) is 3.39. The van der Waals surface area contributed by atoms with Crippen molar-refractivity contribution >= 4 is 51.5 Å². The van der Waals surface area contributed by atoms with Crippen LogP contribution in [0.5, 0.6) is 5.75 Å². The minimum Gasteiger partial charge on any atom is -0.507 e. The van der Waals surface area contributed by atoms with Gasteiger partial charge in [0.25, 0.3) is 5.78 Å². The highest BCUT2D eigenvalue weighted by Crippen LogP contribution is 2.44. The van der Waals surface area contributed by atoms with E-state index in [1.165, 1.54) is 12.0 Å². The first-order chi connectivity index (χ1) is 17.7. The van der Waals surface area contributed by atoms with Gasteiger partial charge in [-0.3, -0.25) is 14.5 Å². The monoisotopic (exact) mass is 538 g/mol. The molecule has 2 aromatic carbocycles. The number of aromatic nitrogens is 1. The van der Waals surface area contributed by atoms with Crippen molar-refractivity contribution in [3.05, 3.63) is 93.0 Å². The van der Waals surface area contributed by atoms with Gasteiger partial charge in [0, 0.05) is 10.6 Å². The quantitative estimate of drug-likeness (QED) is 0.141. The third kappa shape index (κ3) is 4.87. The first-order valence-electron chi connectivity index (χ1n) is 11.1. The number of carbonyl (C=O) groups excluding carboxylic acids is 3. The molecule has 2 heterocycles. The van der Waals surface area contributed by atoms with Crippen molar-refractivity contribution in [3.8, 4) is 5.75 Å². The zero-order valence-electron chi connectivity index (χ0n) is 20.3. The molecule has 1 fully saturated rings. The number of aliphatic hydroxyl groups excluding tert-OH is 1. The number of rotatable bonds is 7. The normalized spacial score (nSPS) is 16.6. The Morgan fingerprint density at radius 1 is 1.24 bits per heavy atom. The Bertz CT molecular complexity index is 1460. The number of ketones is 1. The highest BCUT2D eigenvalue weighted by atomic mass is 35.5. The van der Waals surface area contributed by atoms with E-state index in [9.17, 15) is 19.5 Å². The highest BCUT2D eigenvalue weighted by molar-refractivity contribution is 7.17. The molecule has 0 bridgehead atoms. The minimum atomic E-state index is -1.04. The van der Waals surface area contributed by atoms with Gasteiger partial charge in [0.1, 0.15) is 23.0 Å². The molecule has 0 aliphatic carbocycles. The van der Waals surface area contributed by atoms with E-state index < -0.39 is 23.7 Å². The number of Topliss-reactive ketones (excluding diaryl/α,β-unsaturated/α-hetero) is 1. The van der Waals surface area contributed by atoms with Gasteiger partial charge in [0.15, 0.2) is 5.13 Å². The number of anilines is 1. The van der Waals surface area contributed by atoms with Gasteiger partial charge in [0.05, 0.1) is 24.4 Å². The van der Waals surface area contributed by atoms with Crippen molar-refractivity contribution in [2.75, 3.05) is 18.6 Å². The maximum absolute atomic E-state index is 13.4. The Hall–Kier alpha value is -3.95. The van der Waals surface area contributed by atoms with Gasteiger partial charge in [-0.1, -0.05) is 47.7 Å². The van der Waals surface area contributed by atoms with E-state index in [0.29, 0.717) is 34.2 Å². The Labute approximate surface area is 222 Å². The van der Waals surface area contributed by atoms with Crippen LogP contribution in [0.2, 0.25) is 5.02 Å². The van der Waals surface area contributed by atoms with Crippen molar-refractivity contribution in [2.45, 2.75) is 19.9 Å². The van der Waals surface area contributed by atoms with E-state index in [4.69, 9.17) is 21.1 Å². The van der Waals surface area contributed by atoms with Crippen molar-refractivity contribution in [2.24, 2.45) is 0 Å². The number of aliphatic hydroxyl groups is 1. The van der Waals surface area contributed by atoms with Crippen LogP contribution in [0.1, 0.15) is 38.1 Å². The third-order valence-corrected chi connectivity index (χ3v) is 7.15. The molecule has 1 saturated heterocycles. The van der Waals surface area contributed by atoms with Crippen molar-refractivity contribution in [1.82, 2.24) is 4.98 Å². The van der Waals surface area contributed by atoms with Crippen LogP contribution in [0.25, 0.3) is 5.76 Å². The van der Waals surface area contributed by atoms with Crippen LogP contribution >= 0.6 is 22.9 Å². The molecule has 8 nitrogen and oxygen atoms in total. The summed E-state index contributed by atoms with van der Waals surface area (Å²) >= 11 is 7.17. The lowest BCUT2D eigenvalue weighted by Crippen LogP contribution is -2.29. The maximum Gasteiger partial charge on any atom is 0.350 e. The SMILES string of the molecule is C=CCOc1ccc(C(O)=C2C(=O)C(=O)N(c3nc(C)c(C(=O)OC)s3)C2c2cccc(Cl)c2)cc1C. The number of hydrogen-bond donors (Lipinski definition) is 1. The molecule has 1 atom stereocenters. The van der Waals surface area contributed by atoms with Crippen molar-refractivity contribution in [1.29, 1.82) is 0 Å². The fourth-order valence-corrected chi connectivity index (χ4v) is 5.26. The number of esters is 1. The highest BCUT2D eigenvalue weighted by Gasteiger charge is 2.48. The molecule has 0 saturated carbocycles. The van der Waals surface area contributed by atoms with Crippen LogP contribution in [-0.2, 0) is 14.3 Å². The predicted octanol–water partition coefficient (Wildman–Crippen LogP) is 5.39. The number of thiazole rings is 1. The largest absolute Gasteiger partial charge is 0.507 e. The number of carbonyl (C=O) groups is 3. The van der Waals surface area contributed by atoms with E-state index in [0.717, 1.165) is 16.9 Å². The van der Waals surface area contributed by atoms with Crippen LogP contribution in [0.4, 0.5) is 5.13 Å². The second-order valence-corrected chi connectivity index (χ2v) is 9.62. The van der Waals surface area contributed by atoms with Gasteiger partial charge in [-0.25, -0.2) is 9.78 Å². The van der Waals surface area contributed by atoms with Crippen LogP contribution in [-0.4, -0.2) is 41.5 Å². The molecule has 10 heteroatoms. The molecule has 1 aromatic heterocycles. The Morgan fingerprint density at radius 3 is 2.65 bits per heavy atom. The Morgan fingerprint density at radius 2 is 2.00 bits per heavy atom. The number of hydrogen-bond acceptors (Lipinski definition) is 8. The van der Waals surface area contributed by atoms with Gasteiger partial charge in [-0.2, -0.15) is 0 Å². The second-order valence-electron chi connectivity index (χ2n) is 8.21. The number of benzene rings is 2. The second kappa shape index (κ2) is 10.6. The van der Waals surface area contributed by atoms with E-state index >= 15 is 0 Å². The summed E-state index contributed by atoms with van der Waals surface area (Å²) in [7, 11) is 1.25. The first-order valence-corrected chi connectivity index (χ1v) is 12.3. The minimum absolute atomic E-state index is 0.119. The van der Waals surface area contributed by atoms with E-state index in [1.54, 1.807) is 62.4 Å². The van der Waals surface area contributed by atoms with E-state index in [1.807, 2.05) is 0 Å². The Kier molecular flexibility index (Phi) is 7.47. The zero-order valence-corrected chi connectivity index (χ0v) is 21.9. The predicted molar refractivity (Wildman–Crippen MR) is 141 cm³/mol. The molecule has 1 amide bonds. The summed E-state index contributed by atoms with van der Waals surface area (Å²) in [6.45, 7) is 7.35. The average molecular weight is 539 g/mol. The van der Waals surface area contributed by atoms with Gasteiger partial charge in [-0.05, 0) is 55.3 Å². The molecule has 37 heavy (non-hydrogen) atoms. The summed E-state index contributed by atoms with van der Waals surface area (Å²) in [5.41, 5.74) is 1.77. The fraction of sp³-hybridized carbons (Fsp3) is 0.185. The van der Waals surface area contributed by atoms with Crippen molar-refractivity contribution in [3.63, 3.8) is 0 Å². The van der Waals surface area contributed by atoms with Gasteiger partial charge in [-0.15, -0.1) is 0 Å². The smallest absolute Gasteiger partial charge is 0.350 e. The molecular weight excluding hydrogens is 516 g/mol. The number of halogens is 1. The molecular formula is C27H23ClN2O6S. The first kappa shape index (κ1) is 26.1. The van der Waals surface area contributed by atoms with Crippen LogP contribution < -0.4 is 9.64 Å². The molecule has 3 aromatic rings. The van der Waals surface area contributed by atoms with Gasteiger partial charge >= 0.3 is 11.9 Å². The summed E-state index contributed by atoms with van der Waals surface area (Å²) in [4.78, 5) is 44.6. The zero-order chi connectivity index (χ0) is 26.9. The Balaban J connectivity index is 1.90. The number of methoxy groups -OCH3 is 1. The number of amides is 1. The number of ether oxygens (including phenoxy) is 2. The van der Waals surface area contributed by atoms with Crippen LogP contribution in [0.3, 0.4) is 0 Å². The van der Waals surface area contributed by atoms with Gasteiger partial charge in [0.2, 0.25) is 0 Å². The molecule has 4 rings (SSSR count). The van der Waals surface area contributed by atoms with Gasteiger partial charge < -0.3 is 14.6 Å². The standard InChI is InChI=1S/C27H23ClN2O6S/c1-5-11-36-19-10-9-17(12-14(19)2)22(31)20-21(16-7-6-8-18(28)13-16)30(25(33)23(20)32)27-29-15(3)24(37-27)26(34)35-4/h5-10,12-13,21,31H,1,11H2,2-4H3. The molecule has 1 aliphatic rings. The number of aryl methyl sites for hydroxylation is 2. The lowest BCUT2D eigenvalue weighted by Gasteiger charge is -2.23. The van der Waals surface area contributed by atoms with Crippen molar-refractivity contribution < 1.29 is 29.0 Å². The molecule has 1 N–H and O–H groups in total. The summed E-state index contributed by atoms with van der Waals surface area (Å²) in [6.07, 6.45) is 1.62. The molecule has 1 aliphatic heterocycles. The summed E-state index contributed by atoms with van der Waals surface area (Å²) in [5.74, 6) is -2.15. The maximum atomic E-state index is 13.4. The molecule has 1 unspecified atom stereocenters. The van der Waals surface area contributed by atoms with Crippen LogP contribution in [0.15, 0.2) is 60.7 Å². The lowest BCUT2D eigenvalue weighted by molar-refractivity contribution is -0.132. The summed E-state index contributed by atoms with van der Waals surface area (Å²) in [5, 5.41) is 11.9. The lowest BCUT2D eigenvalue weighted by atomic mass is 9.95. The third-order valence-electron chi connectivity index (χ3n) is 5.78. The van der Waals surface area contributed by atoms with E-state index in [2.05, 4.69) is 11.6 Å². The summed E-state index contributed by atoms with van der Waals surface area (Å²) in [6, 6.07) is 10.5. The number of nitrogens with zero attached hydrogens (tertiary/aromatic N) is 2. The fourth-order valence-electron chi connectivity index (χ4n) is 4.05. The molecule has 0 spiro atoms. The molecule has 190 valence electrons.